The summed E-state index contributed by atoms with van der Waals surface area (Å²) in [4.78, 5) is 3.89. The smallest absolute Gasteiger partial charge is 0.130 e. The van der Waals surface area contributed by atoms with Crippen molar-refractivity contribution in [1.29, 1.82) is 0 Å². The highest BCUT2D eigenvalue weighted by atomic mass is 127. The van der Waals surface area contributed by atoms with Gasteiger partial charge in [-0.3, -0.25) is 0 Å². The van der Waals surface area contributed by atoms with E-state index in [1.807, 2.05) is 0 Å². The third-order valence-electron chi connectivity index (χ3n) is 1.12. The van der Waals surface area contributed by atoms with E-state index in [1.54, 1.807) is 12.3 Å². The molecule has 0 aliphatic carbocycles. The zero-order chi connectivity index (χ0) is 7.56. The molecule has 0 saturated carbocycles. The predicted molar refractivity (Wildman–Crippen MR) is 49.9 cm³/mol. The van der Waals surface area contributed by atoms with Gasteiger partial charge in [0.1, 0.15) is 5.15 Å². The van der Waals surface area contributed by atoms with E-state index in [2.05, 4.69) is 27.6 Å². The Balaban J connectivity index is 3.07. The lowest BCUT2D eigenvalue weighted by atomic mass is 10.3. The molecule has 1 aromatic rings. The van der Waals surface area contributed by atoms with Crippen LogP contribution in [0.4, 0.5) is 0 Å². The molecule has 1 heterocycles. The number of pyridine rings is 1. The van der Waals surface area contributed by atoms with Crippen LogP contribution in [-0.4, -0.2) is 4.98 Å². The van der Waals surface area contributed by atoms with Crippen LogP contribution in [0, 0.1) is 3.57 Å². The van der Waals surface area contributed by atoms with Crippen LogP contribution in [0.25, 0.3) is 0 Å². The molecule has 0 radical (unpaired) electrons. The summed E-state index contributed by atoms with van der Waals surface area (Å²) in [6, 6.07) is 1.80. The maximum absolute atomic E-state index is 5.62. The van der Waals surface area contributed by atoms with Crippen LogP contribution in [-0.2, 0) is 6.54 Å². The van der Waals surface area contributed by atoms with Crippen molar-refractivity contribution in [3.05, 3.63) is 26.5 Å². The maximum atomic E-state index is 5.62. The van der Waals surface area contributed by atoms with E-state index in [0.717, 1.165) is 9.13 Å². The molecule has 0 spiro atoms. The van der Waals surface area contributed by atoms with Gasteiger partial charge in [-0.2, -0.15) is 0 Å². The molecule has 1 aromatic heterocycles. The minimum absolute atomic E-state index is 0.515. The molecule has 0 amide bonds. The highest BCUT2D eigenvalue weighted by Crippen LogP contribution is 2.14. The van der Waals surface area contributed by atoms with Crippen LogP contribution < -0.4 is 5.73 Å². The fourth-order valence-corrected chi connectivity index (χ4v) is 1.58. The summed E-state index contributed by atoms with van der Waals surface area (Å²) in [6.45, 7) is 0.516. The van der Waals surface area contributed by atoms with Gasteiger partial charge in [0.05, 0.1) is 0 Å². The first-order valence-corrected chi connectivity index (χ1v) is 4.19. The van der Waals surface area contributed by atoms with Crippen molar-refractivity contribution in [2.24, 2.45) is 5.73 Å². The monoisotopic (exact) mass is 268 g/mol. The zero-order valence-electron chi connectivity index (χ0n) is 5.14. The molecule has 2 nitrogen and oxygen atoms in total. The number of aromatic nitrogens is 1. The average Bonchev–Trinajstić information content (AvgIpc) is 1.88. The Morgan fingerprint density at radius 3 is 2.90 bits per heavy atom. The van der Waals surface area contributed by atoms with Crippen molar-refractivity contribution >= 4 is 34.2 Å². The summed E-state index contributed by atoms with van der Waals surface area (Å²) in [6.07, 6.45) is 1.70. The zero-order valence-corrected chi connectivity index (χ0v) is 8.06. The third-order valence-corrected chi connectivity index (χ3v) is 2.33. The first-order valence-electron chi connectivity index (χ1n) is 2.74. The van der Waals surface area contributed by atoms with E-state index < -0.39 is 0 Å². The Morgan fingerprint density at radius 2 is 2.40 bits per heavy atom. The van der Waals surface area contributed by atoms with Crippen LogP contribution in [0.5, 0.6) is 0 Å². The van der Waals surface area contributed by atoms with Gasteiger partial charge >= 0.3 is 0 Å². The van der Waals surface area contributed by atoms with Gasteiger partial charge in [-0.15, -0.1) is 0 Å². The van der Waals surface area contributed by atoms with E-state index >= 15 is 0 Å². The number of nitrogens with zero attached hydrogens (tertiary/aromatic N) is 1. The van der Waals surface area contributed by atoms with Crippen molar-refractivity contribution < 1.29 is 0 Å². The van der Waals surface area contributed by atoms with Gasteiger partial charge in [0.15, 0.2) is 0 Å². The Kier molecular flexibility index (Phi) is 2.88. The topological polar surface area (TPSA) is 38.9 Å². The van der Waals surface area contributed by atoms with E-state index in [9.17, 15) is 0 Å². The Bertz CT molecular complexity index is 239. The summed E-state index contributed by atoms with van der Waals surface area (Å²) in [5.74, 6) is 0. The first-order chi connectivity index (χ1) is 4.74. The molecule has 10 heavy (non-hydrogen) atoms. The molecule has 0 aliphatic rings. The van der Waals surface area contributed by atoms with Crippen molar-refractivity contribution in [3.63, 3.8) is 0 Å². The number of nitrogens with two attached hydrogens (primary N) is 1. The number of rotatable bonds is 1. The van der Waals surface area contributed by atoms with Crippen molar-refractivity contribution in [2.45, 2.75) is 6.54 Å². The largest absolute Gasteiger partial charge is 0.326 e. The quantitative estimate of drug-likeness (QED) is 0.623. The fraction of sp³-hybridized carbons (Fsp3) is 0.167. The number of hydrogen-bond acceptors (Lipinski definition) is 2. The standard InChI is InChI=1S/C6H6ClIN2/c7-6-1-5(8)4(2-9)3-10-6/h1,3H,2,9H2. The number of halogens is 2. The molecule has 0 fully saturated rings. The van der Waals surface area contributed by atoms with Gasteiger partial charge in [0.2, 0.25) is 0 Å². The van der Waals surface area contributed by atoms with Gasteiger partial charge in [-0.1, -0.05) is 11.6 Å². The average molecular weight is 268 g/mol. The summed E-state index contributed by atoms with van der Waals surface area (Å²) in [7, 11) is 0. The lowest BCUT2D eigenvalue weighted by Crippen LogP contribution is -1.99. The fourth-order valence-electron chi connectivity index (χ4n) is 0.586. The van der Waals surface area contributed by atoms with E-state index in [0.29, 0.717) is 11.7 Å². The lowest BCUT2D eigenvalue weighted by molar-refractivity contribution is 1.04. The van der Waals surface area contributed by atoms with E-state index in [1.165, 1.54) is 0 Å². The second kappa shape index (κ2) is 3.50. The second-order valence-electron chi connectivity index (χ2n) is 1.80. The van der Waals surface area contributed by atoms with Gasteiger partial charge in [-0.05, 0) is 34.2 Å². The predicted octanol–water partition coefficient (Wildman–Crippen LogP) is 1.80. The number of hydrogen-bond donors (Lipinski definition) is 1. The summed E-state index contributed by atoms with van der Waals surface area (Å²) in [5, 5.41) is 0.515. The Morgan fingerprint density at radius 1 is 1.70 bits per heavy atom. The molecule has 0 atom stereocenters. The molecule has 0 aromatic carbocycles. The summed E-state index contributed by atoms with van der Waals surface area (Å²) in [5.41, 5.74) is 6.45. The summed E-state index contributed by atoms with van der Waals surface area (Å²) >= 11 is 7.80. The highest BCUT2D eigenvalue weighted by Gasteiger charge is 1.97. The van der Waals surface area contributed by atoms with Crippen molar-refractivity contribution in [2.75, 3.05) is 0 Å². The van der Waals surface area contributed by atoms with Crippen LogP contribution in [0.3, 0.4) is 0 Å². The second-order valence-corrected chi connectivity index (χ2v) is 3.35. The molecule has 0 unspecified atom stereocenters. The molecular formula is C6H6ClIN2. The van der Waals surface area contributed by atoms with Crippen LogP contribution in [0.1, 0.15) is 5.56 Å². The maximum Gasteiger partial charge on any atom is 0.130 e. The van der Waals surface area contributed by atoms with Crippen LogP contribution in [0.2, 0.25) is 5.15 Å². The van der Waals surface area contributed by atoms with Crippen LogP contribution >= 0.6 is 34.2 Å². The molecule has 0 bridgehead atoms. The molecule has 2 N–H and O–H groups in total. The normalized spacial score (nSPS) is 9.90. The van der Waals surface area contributed by atoms with E-state index in [4.69, 9.17) is 17.3 Å². The van der Waals surface area contributed by atoms with Gasteiger partial charge < -0.3 is 5.73 Å². The van der Waals surface area contributed by atoms with Gasteiger partial charge in [0.25, 0.3) is 0 Å². The SMILES string of the molecule is NCc1cnc(Cl)cc1I. The van der Waals surface area contributed by atoms with E-state index in [-0.39, 0.29) is 0 Å². The molecule has 4 heteroatoms. The molecule has 54 valence electrons. The van der Waals surface area contributed by atoms with Crippen LogP contribution in [0.15, 0.2) is 12.3 Å². The lowest BCUT2D eigenvalue weighted by Gasteiger charge is -1.98. The third kappa shape index (κ3) is 1.81. The van der Waals surface area contributed by atoms with Gasteiger partial charge in [0, 0.05) is 16.3 Å². The van der Waals surface area contributed by atoms with Crippen molar-refractivity contribution in [3.8, 4) is 0 Å². The minimum atomic E-state index is 0.515. The Labute approximate surface area is 77.9 Å². The van der Waals surface area contributed by atoms with Crippen molar-refractivity contribution in [1.82, 2.24) is 4.98 Å². The minimum Gasteiger partial charge on any atom is -0.326 e. The van der Waals surface area contributed by atoms with Gasteiger partial charge in [-0.25, -0.2) is 4.98 Å². The molecule has 1 rings (SSSR count). The molecular weight excluding hydrogens is 262 g/mol. The highest BCUT2D eigenvalue weighted by molar-refractivity contribution is 14.1. The molecule has 0 aliphatic heterocycles. The Hall–Kier alpha value is 0.130. The first kappa shape index (κ1) is 8.23. The summed E-state index contributed by atoms with van der Waals surface area (Å²) < 4.78 is 1.07. The molecule has 0 saturated heterocycles.